The molecule has 1 aromatic rings. The van der Waals surface area contributed by atoms with E-state index < -0.39 is 0 Å². The summed E-state index contributed by atoms with van der Waals surface area (Å²) >= 11 is 6.13. The first-order valence-electron chi connectivity index (χ1n) is 6.71. The third kappa shape index (κ3) is 2.46. The summed E-state index contributed by atoms with van der Waals surface area (Å²) in [6, 6.07) is 4.84. The second kappa shape index (κ2) is 4.91. The lowest BCUT2D eigenvalue weighted by Gasteiger charge is -2.09. The number of carbonyl (C=O) groups excluding carboxylic acids is 1. The van der Waals surface area contributed by atoms with E-state index in [1.807, 2.05) is 0 Å². The Morgan fingerprint density at radius 1 is 1.33 bits per heavy atom. The molecule has 1 fully saturated rings. The molecule has 1 aliphatic rings. The molecular formula is C15H20ClN3O2. The van der Waals surface area contributed by atoms with E-state index in [9.17, 15) is 4.79 Å². The fraction of sp³-hybridized carbons (Fsp3) is 0.467. The van der Waals surface area contributed by atoms with Gasteiger partial charge in [-0.15, -0.1) is 0 Å². The predicted molar refractivity (Wildman–Crippen MR) is 83.6 cm³/mol. The third-order valence-corrected chi connectivity index (χ3v) is 5.23. The average Bonchev–Trinajstić information content (AvgIpc) is 2.81. The minimum atomic E-state index is -0.0511. The van der Waals surface area contributed by atoms with Crippen LogP contribution in [0.1, 0.15) is 33.3 Å². The third-order valence-electron chi connectivity index (χ3n) is 4.91. The van der Waals surface area contributed by atoms with Crippen molar-refractivity contribution < 1.29 is 10.0 Å². The van der Waals surface area contributed by atoms with Gasteiger partial charge < -0.3 is 16.3 Å². The minimum absolute atomic E-state index is 0.0285. The van der Waals surface area contributed by atoms with Crippen LogP contribution in [0, 0.1) is 16.7 Å². The van der Waals surface area contributed by atoms with Crippen LogP contribution in [0.15, 0.2) is 23.4 Å². The first-order valence-corrected chi connectivity index (χ1v) is 7.09. The molecule has 1 aliphatic carbocycles. The predicted octanol–water partition coefficient (Wildman–Crippen LogP) is 3.06. The highest BCUT2D eigenvalue weighted by Crippen LogP contribution is 2.68. The molecule has 0 atom stereocenters. The standard InChI is InChI=1S/C15H20ClN3O2/c1-14(2)11(15(14,3)4)13(20)18-10-6-5-8(7-9(10)16)12(17)19-21/h5-7,11,21H,1-4H3,(H2,17,19)(H,18,20). The molecule has 0 aromatic heterocycles. The maximum atomic E-state index is 12.4. The van der Waals surface area contributed by atoms with E-state index in [-0.39, 0.29) is 28.5 Å². The van der Waals surface area contributed by atoms with Gasteiger partial charge in [-0.1, -0.05) is 44.5 Å². The van der Waals surface area contributed by atoms with Crippen molar-refractivity contribution in [1.82, 2.24) is 0 Å². The lowest BCUT2D eigenvalue weighted by molar-refractivity contribution is -0.118. The zero-order chi connectivity index (χ0) is 16.0. The van der Waals surface area contributed by atoms with Crippen molar-refractivity contribution >= 4 is 29.0 Å². The molecule has 0 aliphatic heterocycles. The SMILES string of the molecule is CC1(C)C(C(=O)Nc2ccc(/C(N)=N/O)cc2Cl)C1(C)C. The van der Waals surface area contributed by atoms with Crippen molar-refractivity contribution in [3.63, 3.8) is 0 Å². The van der Waals surface area contributed by atoms with Gasteiger partial charge in [-0.05, 0) is 29.0 Å². The molecule has 114 valence electrons. The highest BCUT2D eigenvalue weighted by atomic mass is 35.5. The fourth-order valence-corrected chi connectivity index (χ4v) is 3.12. The Morgan fingerprint density at radius 3 is 2.33 bits per heavy atom. The summed E-state index contributed by atoms with van der Waals surface area (Å²) in [6.07, 6.45) is 0. The molecule has 0 heterocycles. The molecule has 6 heteroatoms. The molecule has 0 saturated heterocycles. The number of rotatable bonds is 3. The topological polar surface area (TPSA) is 87.7 Å². The van der Waals surface area contributed by atoms with Crippen molar-refractivity contribution in [1.29, 1.82) is 0 Å². The summed E-state index contributed by atoms with van der Waals surface area (Å²) in [5.41, 5.74) is 6.45. The smallest absolute Gasteiger partial charge is 0.228 e. The van der Waals surface area contributed by atoms with Gasteiger partial charge in [-0.3, -0.25) is 4.79 Å². The van der Waals surface area contributed by atoms with Crippen LogP contribution in [0.5, 0.6) is 0 Å². The van der Waals surface area contributed by atoms with Gasteiger partial charge in [0, 0.05) is 11.5 Å². The van der Waals surface area contributed by atoms with Crippen LogP contribution in [0.3, 0.4) is 0 Å². The van der Waals surface area contributed by atoms with Crippen molar-refractivity contribution in [2.75, 3.05) is 5.32 Å². The maximum Gasteiger partial charge on any atom is 0.228 e. The first kappa shape index (κ1) is 15.6. The molecule has 0 radical (unpaired) electrons. The number of hydrogen-bond donors (Lipinski definition) is 3. The lowest BCUT2D eigenvalue weighted by Crippen LogP contribution is -2.18. The molecule has 1 aromatic carbocycles. The largest absolute Gasteiger partial charge is 0.409 e. The number of amidine groups is 1. The Balaban J connectivity index is 2.17. The Morgan fingerprint density at radius 2 is 1.90 bits per heavy atom. The Hall–Kier alpha value is -1.75. The van der Waals surface area contributed by atoms with E-state index in [4.69, 9.17) is 22.5 Å². The first-order chi connectivity index (χ1) is 9.62. The van der Waals surface area contributed by atoms with E-state index in [0.717, 1.165) is 0 Å². The summed E-state index contributed by atoms with van der Waals surface area (Å²) in [6.45, 7) is 8.33. The van der Waals surface area contributed by atoms with Gasteiger partial charge in [0.05, 0.1) is 10.7 Å². The van der Waals surface area contributed by atoms with Crippen molar-refractivity contribution in [3.8, 4) is 0 Å². The van der Waals surface area contributed by atoms with Crippen LogP contribution in [0.4, 0.5) is 5.69 Å². The summed E-state index contributed by atoms with van der Waals surface area (Å²) < 4.78 is 0. The molecule has 2 rings (SSSR count). The average molecular weight is 310 g/mol. The summed E-state index contributed by atoms with van der Waals surface area (Å²) in [5.74, 6) is -0.118. The van der Waals surface area contributed by atoms with E-state index >= 15 is 0 Å². The Labute approximate surface area is 129 Å². The molecular weight excluding hydrogens is 290 g/mol. The highest BCUT2D eigenvalue weighted by Gasteiger charge is 2.68. The van der Waals surface area contributed by atoms with Gasteiger partial charge in [0.2, 0.25) is 5.91 Å². The Bertz CT molecular complexity index is 609. The maximum absolute atomic E-state index is 12.4. The van der Waals surface area contributed by atoms with Crippen LogP contribution in [0.25, 0.3) is 0 Å². The number of carbonyl (C=O) groups is 1. The molecule has 0 unspecified atom stereocenters. The number of nitrogens with one attached hydrogen (secondary N) is 1. The quantitative estimate of drug-likeness (QED) is 0.347. The number of nitrogens with zero attached hydrogens (tertiary/aromatic N) is 1. The van der Waals surface area contributed by atoms with Crippen molar-refractivity contribution in [2.24, 2.45) is 27.6 Å². The van der Waals surface area contributed by atoms with E-state index in [0.29, 0.717) is 16.3 Å². The summed E-state index contributed by atoms with van der Waals surface area (Å²) in [4.78, 5) is 12.4. The Kier molecular flexibility index (Phi) is 3.66. The molecule has 0 spiro atoms. The molecule has 4 N–H and O–H groups in total. The number of amides is 1. The van der Waals surface area contributed by atoms with Gasteiger partial charge >= 0.3 is 0 Å². The molecule has 1 saturated carbocycles. The zero-order valence-electron chi connectivity index (χ0n) is 12.6. The highest BCUT2D eigenvalue weighted by molar-refractivity contribution is 6.34. The van der Waals surface area contributed by atoms with Gasteiger partial charge in [0.15, 0.2) is 5.84 Å². The van der Waals surface area contributed by atoms with E-state index in [1.165, 1.54) is 0 Å². The number of nitrogens with two attached hydrogens (primary N) is 1. The van der Waals surface area contributed by atoms with E-state index in [2.05, 4.69) is 38.2 Å². The van der Waals surface area contributed by atoms with Crippen LogP contribution >= 0.6 is 11.6 Å². The van der Waals surface area contributed by atoms with Gasteiger partial charge in [0.25, 0.3) is 0 Å². The molecule has 5 nitrogen and oxygen atoms in total. The van der Waals surface area contributed by atoms with Gasteiger partial charge in [-0.25, -0.2) is 0 Å². The van der Waals surface area contributed by atoms with E-state index in [1.54, 1.807) is 18.2 Å². The second-order valence-electron chi connectivity index (χ2n) is 6.55. The van der Waals surface area contributed by atoms with Crippen molar-refractivity contribution in [3.05, 3.63) is 28.8 Å². The van der Waals surface area contributed by atoms with Crippen LogP contribution in [-0.2, 0) is 4.79 Å². The minimum Gasteiger partial charge on any atom is -0.409 e. The monoisotopic (exact) mass is 309 g/mol. The number of hydrogen-bond acceptors (Lipinski definition) is 3. The number of benzene rings is 1. The van der Waals surface area contributed by atoms with Gasteiger partial charge in [0.1, 0.15) is 0 Å². The van der Waals surface area contributed by atoms with Crippen LogP contribution in [-0.4, -0.2) is 17.0 Å². The zero-order valence-corrected chi connectivity index (χ0v) is 13.3. The molecule has 1 amide bonds. The van der Waals surface area contributed by atoms with Gasteiger partial charge in [-0.2, -0.15) is 0 Å². The second-order valence-corrected chi connectivity index (χ2v) is 6.95. The number of oxime groups is 1. The summed E-state index contributed by atoms with van der Waals surface area (Å²) in [5, 5.41) is 14.8. The molecule has 0 bridgehead atoms. The number of halogens is 1. The normalized spacial score (nSPS) is 20.1. The van der Waals surface area contributed by atoms with Crippen LogP contribution in [0.2, 0.25) is 5.02 Å². The van der Waals surface area contributed by atoms with Crippen LogP contribution < -0.4 is 11.1 Å². The molecule has 21 heavy (non-hydrogen) atoms. The lowest BCUT2D eigenvalue weighted by atomic mass is 10.0. The number of anilines is 1. The summed E-state index contributed by atoms with van der Waals surface area (Å²) in [7, 11) is 0. The fourth-order valence-electron chi connectivity index (χ4n) is 2.89. The van der Waals surface area contributed by atoms with Crippen molar-refractivity contribution in [2.45, 2.75) is 27.7 Å².